The van der Waals surface area contributed by atoms with Crippen molar-refractivity contribution in [3.8, 4) is 0 Å². The van der Waals surface area contributed by atoms with Crippen molar-refractivity contribution in [1.82, 2.24) is 5.32 Å². The molecule has 2 amide bonds. The molecule has 0 heterocycles. The van der Waals surface area contributed by atoms with Gasteiger partial charge in [-0.1, -0.05) is 12.1 Å². The number of rotatable bonds is 4. The largest absolute Gasteiger partial charge is 0.350 e. The van der Waals surface area contributed by atoms with E-state index in [9.17, 15) is 9.59 Å². The fourth-order valence-electron chi connectivity index (χ4n) is 1.38. The molecule has 0 aliphatic heterocycles. The Morgan fingerprint density at radius 1 is 1.17 bits per heavy atom. The van der Waals surface area contributed by atoms with Gasteiger partial charge in [0.1, 0.15) is 0 Å². The normalized spacial score (nSPS) is 12.1. The summed E-state index contributed by atoms with van der Waals surface area (Å²) in [6.45, 7) is 5.34. The highest BCUT2D eigenvalue weighted by Crippen LogP contribution is 2.15. The maximum Gasteiger partial charge on any atom is 0.253 e. The van der Waals surface area contributed by atoms with Gasteiger partial charge in [0.05, 0.1) is 17.3 Å². The van der Waals surface area contributed by atoms with Crippen LogP contribution in [0, 0.1) is 0 Å². The van der Waals surface area contributed by atoms with Crippen LogP contribution in [0.1, 0.15) is 31.1 Å². The quantitative estimate of drug-likeness (QED) is 0.747. The molecule has 0 radical (unpaired) electrons. The summed E-state index contributed by atoms with van der Waals surface area (Å²) in [6, 6.07) is 6.25. The van der Waals surface area contributed by atoms with E-state index in [-0.39, 0.29) is 17.9 Å². The summed E-state index contributed by atoms with van der Waals surface area (Å²) in [5, 5.41) is 5.42. The Morgan fingerprint density at radius 3 is 2.33 bits per heavy atom. The molecule has 1 rings (SSSR count). The van der Waals surface area contributed by atoms with Crippen molar-refractivity contribution in [3.63, 3.8) is 0 Å². The molecule has 1 atom stereocenters. The number of hydrogen-bond acceptors (Lipinski definition) is 3. The zero-order valence-corrected chi connectivity index (χ0v) is 10.9. The Kier molecular flexibility index (Phi) is 4.85. The Balaban J connectivity index is 2.92. The van der Waals surface area contributed by atoms with Gasteiger partial charge in [0, 0.05) is 6.04 Å². The number of carbonyl (C=O) groups excluding carboxylic acids is 2. The summed E-state index contributed by atoms with van der Waals surface area (Å²) in [5.41, 5.74) is 6.38. The van der Waals surface area contributed by atoms with Gasteiger partial charge in [-0.25, -0.2) is 0 Å². The van der Waals surface area contributed by atoms with Crippen molar-refractivity contribution in [2.75, 3.05) is 5.32 Å². The number of nitrogens with one attached hydrogen (secondary N) is 2. The summed E-state index contributed by atoms with van der Waals surface area (Å²) in [5.74, 6) is -0.537. The van der Waals surface area contributed by atoms with E-state index in [2.05, 4.69) is 10.6 Å². The monoisotopic (exact) mass is 249 g/mol. The summed E-state index contributed by atoms with van der Waals surface area (Å²) < 4.78 is 0. The molecule has 0 aliphatic carbocycles. The van der Waals surface area contributed by atoms with Crippen molar-refractivity contribution in [2.24, 2.45) is 5.73 Å². The van der Waals surface area contributed by atoms with E-state index < -0.39 is 6.04 Å². The second-order valence-electron chi connectivity index (χ2n) is 4.45. The lowest BCUT2D eigenvalue weighted by molar-refractivity contribution is -0.117. The maximum atomic E-state index is 11.9. The van der Waals surface area contributed by atoms with Crippen LogP contribution in [0.2, 0.25) is 0 Å². The number of nitrogens with two attached hydrogens (primary N) is 1. The SMILES string of the molecule is CC(C)NC(=O)c1ccccc1NC(=O)[C@H](C)N. The first kappa shape index (κ1) is 14.2. The third-order valence-electron chi connectivity index (χ3n) is 2.26. The first-order valence-corrected chi connectivity index (χ1v) is 5.88. The molecule has 5 nitrogen and oxygen atoms in total. The number of para-hydroxylation sites is 1. The minimum atomic E-state index is -0.619. The van der Waals surface area contributed by atoms with E-state index >= 15 is 0 Å². The Bertz CT molecular complexity index is 442. The average Bonchev–Trinajstić information content (AvgIpc) is 2.28. The molecule has 0 bridgehead atoms. The van der Waals surface area contributed by atoms with E-state index in [1.165, 1.54) is 0 Å². The van der Waals surface area contributed by atoms with Crippen LogP contribution in [-0.4, -0.2) is 23.9 Å². The van der Waals surface area contributed by atoms with Gasteiger partial charge in [0.2, 0.25) is 5.91 Å². The fraction of sp³-hybridized carbons (Fsp3) is 0.385. The number of anilines is 1. The van der Waals surface area contributed by atoms with E-state index in [1.54, 1.807) is 31.2 Å². The van der Waals surface area contributed by atoms with Crippen LogP contribution in [0.25, 0.3) is 0 Å². The highest BCUT2D eigenvalue weighted by atomic mass is 16.2. The minimum absolute atomic E-state index is 0.0367. The van der Waals surface area contributed by atoms with Crippen molar-refractivity contribution in [3.05, 3.63) is 29.8 Å². The van der Waals surface area contributed by atoms with Gasteiger partial charge in [-0.2, -0.15) is 0 Å². The zero-order chi connectivity index (χ0) is 13.7. The van der Waals surface area contributed by atoms with Gasteiger partial charge in [0.25, 0.3) is 5.91 Å². The molecule has 0 saturated carbocycles. The molecule has 0 aromatic heterocycles. The molecule has 0 aliphatic rings. The topological polar surface area (TPSA) is 84.2 Å². The molecular formula is C13H19N3O2. The van der Waals surface area contributed by atoms with Gasteiger partial charge < -0.3 is 16.4 Å². The van der Waals surface area contributed by atoms with Crippen molar-refractivity contribution < 1.29 is 9.59 Å². The summed E-state index contributed by atoms with van der Waals surface area (Å²) >= 11 is 0. The third-order valence-corrected chi connectivity index (χ3v) is 2.26. The second-order valence-corrected chi connectivity index (χ2v) is 4.45. The number of benzene rings is 1. The molecule has 1 aromatic carbocycles. The number of hydrogen-bond donors (Lipinski definition) is 3. The highest BCUT2D eigenvalue weighted by molar-refractivity contribution is 6.04. The first-order valence-electron chi connectivity index (χ1n) is 5.88. The smallest absolute Gasteiger partial charge is 0.253 e. The average molecular weight is 249 g/mol. The molecule has 18 heavy (non-hydrogen) atoms. The molecular weight excluding hydrogens is 230 g/mol. The Labute approximate surface area is 107 Å². The molecule has 0 fully saturated rings. The second kappa shape index (κ2) is 6.16. The van der Waals surface area contributed by atoms with E-state index in [0.717, 1.165) is 0 Å². The van der Waals surface area contributed by atoms with Gasteiger partial charge in [-0.3, -0.25) is 9.59 Å². The standard InChI is InChI=1S/C13H19N3O2/c1-8(2)15-13(18)10-6-4-5-7-11(10)16-12(17)9(3)14/h4-9H,14H2,1-3H3,(H,15,18)(H,16,17)/t9-/m0/s1. The van der Waals surface area contributed by atoms with Gasteiger partial charge in [-0.05, 0) is 32.9 Å². The van der Waals surface area contributed by atoms with Crippen LogP contribution in [-0.2, 0) is 4.79 Å². The van der Waals surface area contributed by atoms with Gasteiger partial charge >= 0.3 is 0 Å². The number of carbonyl (C=O) groups is 2. The lowest BCUT2D eigenvalue weighted by atomic mass is 10.1. The molecule has 0 saturated heterocycles. The van der Waals surface area contributed by atoms with Crippen LogP contribution in [0.5, 0.6) is 0 Å². The molecule has 5 heteroatoms. The van der Waals surface area contributed by atoms with Crippen molar-refractivity contribution in [1.29, 1.82) is 0 Å². The zero-order valence-electron chi connectivity index (χ0n) is 10.9. The van der Waals surface area contributed by atoms with Crippen molar-refractivity contribution >= 4 is 17.5 Å². The van der Waals surface area contributed by atoms with Crippen LogP contribution < -0.4 is 16.4 Å². The van der Waals surface area contributed by atoms with Crippen molar-refractivity contribution in [2.45, 2.75) is 32.9 Å². The van der Waals surface area contributed by atoms with Crippen LogP contribution in [0.4, 0.5) is 5.69 Å². The fourth-order valence-corrected chi connectivity index (χ4v) is 1.38. The number of amides is 2. The van der Waals surface area contributed by atoms with Crippen LogP contribution >= 0.6 is 0 Å². The minimum Gasteiger partial charge on any atom is -0.350 e. The Hall–Kier alpha value is -1.88. The lowest BCUT2D eigenvalue weighted by Gasteiger charge is -2.14. The third kappa shape index (κ3) is 3.85. The van der Waals surface area contributed by atoms with E-state index in [0.29, 0.717) is 11.3 Å². The van der Waals surface area contributed by atoms with Crippen LogP contribution in [0.15, 0.2) is 24.3 Å². The summed E-state index contributed by atoms with van der Waals surface area (Å²) in [4.78, 5) is 23.5. The Morgan fingerprint density at radius 2 is 1.78 bits per heavy atom. The summed E-state index contributed by atoms with van der Waals surface area (Å²) in [7, 11) is 0. The predicted molar refractivity (Wildman–Crippen MR) is 71.3 cm³/mol. The summed E-state index contributed by atoms with van der Waals surface area (Å²) in [6.07, 6.45) is 0. The molecule has 1 aromatic rings. The van der Waals surface area contributed by atoms with Gasteiger partial charge in [0.15, 0.2) is 0 Å². The van der Waals surface area contributed by atoms with E-state index in [1.807, 2.05) is 13.8 Å². The van der Waals surface area contributed by atoms with Gasteiger partial charge in [-0.15, -0.1) is 0 Å². The predicted octanol–water partition coefficient (Wildman–Crippen LogP) is 1.11. The first-order chi connectivity index (χ1) is 8.41. The molecule has 0 spiro atoms. The molecule has 0 unspecified atom stereocenters. The molecule has 98 valence electrons. The maximum absolute atomic E-state index is 11.9. The molecule has 4 N–H and O–H groups in total. The van der Waals surface area contributed by atoms with Crippen LogP contribution in [0.3, 0.4) is 0 Å². The van der Waals surface area contributed by atoms with E-state index in [4.69, 9.17) is 5.73 Å². The lowest BCUT2D eigenvalue weighted by Crippen LogP contribution is -2.34. The highest BCUT2D eigenvalue weighted by Gasteiger charge is 2.15.